The summed E-state index contributed by atoms with van der Waals surface area (Å²) < 4.78 is 16.3. The second-order valence-corrected chi connectivity index (χ2v) is 12.3. The molecule has 0 aromatic carbocycles. The van der Waals surface area contributed by atoms with Gasteiger partial charge in [-0.1, -0.05) is 27.7 Å². The van der Waals surface area contributed by atoms with Gasteiger partial charge in [-0.3, -0.25) is 19.2 Å². The molecule has 33 heavy (non-hydrogen) atoms. The molecule has 0 bridgehead atoms. The number of Topliss-reactive ketones (excluding diaryl/α,β-unsaturated/α-hetero) is 1. The third kappa shape index (κ3) is 17.6. The first kappa shape index (κ1) is 32.5. The number of carbonyl (C=O) groups excluding carboxylic acids is 4. The number of esters is 3. The van der Waals surface area contributed by atoms with Gasteiger partial charge in [0.25, 0.3) is 0 Å². The fourth-order valence-corrected chi connectivity index (χ4v) is 3.43. The van der Waals surface area contributed by atoms with E-state index in [0.717, 1.165) is 0 Å². The van der Waals surface area contributed by atoms with Crippen molar-refractivity contribution in [2.75, 3.05) is 19.8 Å². The molecule has 11 heteroatoms. The highest BCUT2D eigenvalue weighted by atomic mass is 32.1. The third-order valence-electron chi connectivity index (χ3n) is 4.46. The van der Waals surface area contributed by atoms with Crippen LogP contribution in [0.1, 0.15) is 66.2 Å². The minimum atomic E-state index is -1.07. The van der Waals surface area contributed by atoms with Gasteiger partial charge in [0, 0.05) is 33.8 Å². The smallest absolute Gasteiger partial charge is 0.306 e. The Kier molecular flexibility index (Phi) is 16.7. The zero-order valence-electron chi connectivity index (χ0n) is 19.8. The van der Waals surface area contributed by atoms with E-state index in [1.165, 1.54) is 0 Å². The molecule has 0 aliphatic rings. The predicted molar refractivity (Wildman–Crippen MR) is 142 cm³/mol. The Morgan fingerprint density at radius 2 is 0.909 bits per heavy atom. The molecule has 0 saturated carbocycles. The fraction of sp³-hybridized carbons (Fsp3) is 0.818. The van der Waals surface area contributed by atoms with Gasteiger partial charge in [0.1, 0.15) is 25.6 Å². The highest BCUT2D eigenvalue weighted by molar-refractivity contribution is 7.81. The van der Waals surface area contributed by atoms with E-state index in [9.17, 15) is 19.2 Å². The maximum absolute atomic E-state index is 12.3. The van der Waals surface area contributed by atoms with Gasteiger partial charge in [-0.15, -0.1) is 0 Å². The van der Waals surface area contributed by atoms with Crippen LogP contribution in [-0.2, 0) is 33.4 Å². The number of rotatable bonds is 17. The van der Waals surface area contributed by atoms with Crippen LogP contribution in [0.4, 0.5) is 0 Å². The molecule has 0 N–H and O–H groups in total. The van der Waals surface area contributed by atoms with Crippen LogP contribution in [0, 0.1) is 5.41 Å². The number of ether oxygens (including phenoxy) is 3. The van der Waals surface area contributed by atoms with Crippen LogP contribution in [0.25, 0.3) is 0 Å². The molecule has 7 nitrogen and oxygen atoms in total. The lowest BCUT2D eigenvalue weighted by Gasteiger charge is -2.32. The van der Waals surface area contributed by atoms with Crippen molar-refractivity contribution < 1.29 is 33.4 Å². The first-order valence-electron chi connectivity index (χ1n) is 11.0. The maximum Gasteiger partial charge on any atom is 0.306 e. The average molecular weight is 543 g/mol. The van der Waals surface area contributed by atoms with E-state index in [0.29, 0.717) is 0 Å². The molecule has 0 spiro atoms. The van der Waals surface area contributed by atoms with Crippen molar-refractivity contribution in [3.05, 3.63) is 0 Å². The molecule has 192 valence electrons. The van der Waals surface area contributed by atoms with E-state index >= 15 is 0 Å². The Hall–Kier alpha value is -0.520. The van der Waals surface area contributed by atoms with E-state index in [-0.39, 0.29) is 85.1 Å². The van der Waals surface area contributed by atoms with Crippen molar-refractivity contribution in [1.29, 1.82) is 0 Å². The first-order chi connectivity index (χ1) is 15.2. The summed E-state index contributed by atoms with van der Waals surface area (Å²) >= 11 is 16.8. The molecule has 0 aliphatic carbocycles. The summed E-state index contributed by atoms with van der Waals surface area (Å²) in [6.07, 6.45) is 0.857. The molecular formula is C22H38O7S4. The quantitative estimate of drug-likeness (QED) is 0.126. The molecule has 4 atom stereocenters. The Morgan fingerprint density at radius 1 is 0.606 bits per heavy atom. The van der Waals surface area contributed by atoms with Gasteiger partial charge < -0.3 is 14.2 Å². The van der Waals surface area contributed by atoms with Gasteiger partial charge in [0.05, 0.1) is 24.7 Å². The van der Waals surface area contributed by atoms with Crippen LogP contribution in [-0.4, -0.2) is 64.5 Å². The Labute approximate surface area is 219 Å². The van der Waals surface area contributed by atoms with Crippen LogP contribution in [0.5, 0.6) is 0 Å². The molecule has 0 aromatic heterocycles. The molecule has 0 aromatic rings. The molecule has 0 saturated heterocycles. The largest absolute Gasteiger partial charge is 0.465 e. The molecule has 4 unspecified atom stereocenters. The number of hydrogen-bond acceptors (Lipinski definition) is 11. The summed E-state index contributed by atoms with van der Waals surface area (Å²) in [5.41, 5.74) is -1.07. The standard InChI is InChI=1S/C22H38O7S4/c1-14(30)7-18(23)5-6-22(11-27-19(24)8-15(2)31,12-28-20(25)9-16(3)32)13-29-21(26)10-17(4)33/h14-17,30-33H,5-13H2,1-4H3. The lowest BCUT2D eigenvalue weighted by molar-refractivity contribution is -0.162. The summed E-state index contributed by atoms with van der Waals surface area (Å²) in [6.45, 7) is 6.56. The third-order valence-corrected chi connectivity index (χ3v) is 5.19. The maximum atomic E-state index is 12.3. The predicted octanol–water partition coefficient (Wildman–Crippen LogP) is 3.79. The molecule has 0 aliphatic heterocycles. The number of thiol groups is 4. The molecule has 0 amide bonds. The van der Waals surface area contributed by atoms with Crippen LogP contribution in [0.2, 0.25) is 0 Å². The van der Waals surface area contributed by atoms with Crippen LogP contribution < -0.4 is 0 Å². The van der Waals surface area contributed by atoms with Crippen molar-refractivity contribution in [2.24, 2.45) is 5.41 Å². The Bertz CT molecular complexity index is 527. The molecule has 0 radical (unpaired) electrons. The molecule has 0 heterocycles. The summed E-state index contributed by atoms with van der Waals surface area (Å²) in [4.78, 5) is 48.8. The van der Waals surface area contributed by atoms with Gasteiger partial charge in [0.15, 0.2) is 0 Å². The minimum absolute atomic E-state index is 0.0391. The summed E-state index contributed by atoms with van der Waals surface area (Å²) in [6, 6.07) is 0. The van der Waals surface area contributed by atoms with Crippen molar-refractivity contribution in [3.8, 4) is 0 Å². The number of ketones is 1. The topological polar surface area (TPSA) is 96.0 Å². The Balaban J connectivity index is 5.59. The van der Waals surface area contributed by atoms with Gasteiger partial charge in [-0.2, -0.15) is 50.5 Å². The van der Waals surface area contributed by atoms with Crippen molar-refractivity contribution in [1.82, 2.24) is 0 Å². The monoisotopic (exact) mass is 542 g/mol. The highest BCUT2D eigenvalue weighted by Crippen LogP contribution is 2.28. The summed E-state index contributed by atoms with van der Waals surface area (Å²) in [7, 11) is 0. The second kappa shape index (κ2) is 17.0. The van der Waals surface area contributed by atoms with Crippen LogP contribution in [0.15, 0.2) is 0 Å². The number of carbonyl (C=O) groups is 4. The van der Waals surface area contributed by atoms with Gasteiger partial charge in [0.2, 0.25) is 0 Å². The van der Waals surface area contributed by atoms with Crippen LogP contribution >= 0.6 is 50.5 Å². The van der Waals surface area contributed by atoms with E-state index in [4.69, 9.17) is 14.2 Å². The zero-order valence-corrected chi connectivity index (χ0v) is 23.4. The Morgan fingerprint density at radius 3 is 1.18 bits per heavy atom. The second-order valence-electron chi connectivity index (χ2n) is 8.73. The molecular weight excluding hydrogens is 505 g/mol. The van der Waals surface area contributed by atoms with E-state index < -0.39 is 23.3 Å². The van der Waals surface area contributed by atoms with Gasteiger partial charge in [-0.25, -0.2) is 0 Å². The van der Waals surface area contributed by atoms with Gasteiger partial charge >= 0.3 is 17.9 Å². The van der Waals surface area contributed by atoms with Crippen LogP contribution in [0.3, 0.4) is 0 Å². The highest BCUT2D eigenvalue weighted by Gasteiger charge is 2.36. The molecule has 0 fully saturated rings. The summed E-state index contributed by atoms with van der Waals surface area (Å²) in [5, 5.41) is -0.703. The summed E-state index contributed by atoms with van der Waals surface area (Å²) in [5.74, 6) is -1.49. The van der Waals surface area contributed by atoms with Crippen molar-refractivity contribution in [2.45, 2.75) is 87.2 Å². The minimum Gasteiger partial charge on any atom is -0.465 e. The zero-order chi connectivity index (χ0) is 25.6. The van der Waals surface area contributed by atoms with E-state index in [1.54, 1.807) is 20.8 Å². The normalized spacial score (nSPS) is 16.6. The SMILES string of the molecule is CC(S)CC(=O)CCC(COC(=O)CC(C)S)(COC(=O)CC(C)S)COC(=O)CC(C)S. The lowest BCUT2D eigenvalue weighted by Crippen LogP contribution is -2.40. The fourth-order valence-electron chi connectivity index (χ4n) is 2.78. The van der Waals surface area contributed by atoms with Gasteiger partial charge in [-0.05, 0) is 6.42 Å². The lowest BCUT2D eigenvalue weighted by atomic mass is 9.84. The number of hydrogen-bond donors (Lipinski definition) is 4. The van der Waals surface area contributed by atoms with E-state index in [1.807, 2.05) is 6.92 Å². The average Bonchev–Trinajstić information content (AvgIpc) is 2.64. The first-order valence-corrected chi connectivity index (χ1v) is 13.0. The van der Waals surface area contributed by atoms with Crippen molar-refractivity contribution >= 4 is 74.2 Å². The molecule has 0 rings (SSSR count). The van der Waals surface area contributed by atoms with Crippen molar-refractivity contribution in [3.63, 3.8) is 0 Å². The van der Waals surface area contributed by atoms with E-state index in [2.05, 4.69) is 50.5 Å².